The van der Waals surface area contributed by atoms with Crippen molar-refractivity contribution >= 4 is 93.5 Å². The number of carbonyl (C=O) groups excluding carboxylic acids is 5. The summed E-state index contributed by atoms with van der Waals surface area (Å²) >= 11 is 8.14. The van der Waals surface area contributed by atoms with Crippen LogP contribution in [0.3, 0.4) is 0 Å². The zero-order valence-corrected chi connectivity index (χ0v) is 57.2. The molecule has 0 aliphatic carbocycles. The fourth-order valence-electron chi connectivity index (χ4n) is 8.73. The number of ketones is 5. The van der Waals surface area contributed by atoms with Gasteiger partial charge in [0.05, 0.1) is 37.5 Å². The van der Waals surface area contributed by atoms with Gasteiger partial charge in [0.2, 0.25) is 0 Å². The maximum absolute atomic E-state index is 13.4. The topological polar surface area (TPSA) is 163 Å². The van der Waals surface area contributed by atoms with E-state index in [1.165, 1.54) is 42.5 Å². The van der Waals surface area contributed by atoms with Gasteiger partial charge in [0.15, 0.2) is 28.9 Å². The molecule has 11 nitrogen and oxygen atoms in total. The number of benzene rings is 11. The second-order valence-corrected chi connectivity index (χ2v) is 22.6. The molecule has 0 radical (unpaired) electrons. The summed E-state index contributed by atoms with van der Waals surface area (Å²) in [6, 6.07) is 82.5. The molecule has 0 aliphatic heterocycles. The molecule has 0 atom stereocenters. The van der Waals surface area contributed by atoms with E-state index in [1.54, 1.807) is 155 Å². The van der Waals surface area contributed by atoms with E-state index in [9.17, 15) is 33.5 Å². The molecule has 0 unspecified atom stereocenters. The first-order valence-electron chi connectivity index (χ1n) is 30.8. The van der Waals surface area contributed by atoms with Gasteiger partial charge in [0.1, 0.15) is 46.9 Å². The SMILES string of the molecule is COc1ccc(/C=C/C(=O)c2ccccc2Cl)cc1.COc1ccc(/C=C/C(=O)c2ccccc2F)cc1.COc1ccc(/C=C/C(=O)c2ccccc2I)cc1.O=C(/C=C/c1ccc(O)cc1)c1ccccc1.O=C(/C=C/c1ccc(OCc2ccccc2)cc1)c1ccccc1O. The lowest BCUT2D eigenvalue weighted by atomic mass is 10.1. The van der Waals surface area contributed by atoms with Crippen LogP contribution >= 0.6 is 34.2 Å². The average Bonchev–Trinajstić information content (AvgIpc) is 1.71. The highest BCUT2D eigenvalue weighted by atomic mass is 127. The molecule has 11 rings (SSSR count). The first-order valence-corrected chi connectivity index (χ1v) is 32.2. The van der Waals surface area contributed by atoms with Crippen LogP contribution in [-0.2, 0) is 6.61 Å². The summed E-state index contributed by atoms with van der Waals surface area (Å²) in [6.07, 6.45) is 16.1. The van der Waals surface area contributed by atoms with Crippen molar-refractivity contribution in [1.82, 2.24) is 0 Å². The molecule has 0 saturated carbocycles. The number of halogens is 3. The number of aromatic hydroxyl groups is 2. The smallest absolute Gasteiger partial charge is 0.189 e. The van der Waals surface area contributed by atoms with E-state index in [-0.39, 0.29) is 46.0 Å². The van der Waals surface area contributed by atoms with E-state index in [0.717, 1.165) is 65.5 Å². The van der Waals surface area contributed by atoms with E-state index in [2.05, 4.69) is 22.6 Å². The summed E-state index contributed by atoms with van der Waals surface area (Å²) in [5.41, 5.74) is 7.91. The van der Waals surface area contributed by atoms with Crippen LogP contribution in [-0.4, -0.2) is 60.5 Å². The largest absolute Gasteiger partial charge is 0.508 e. The Bertz CT molecular complexity index is 4290. The Morgan fingerprint density at radius 1 is 0.364 bits per heavy atom. The average molecular weight is 1450 g/mol. The van der Waals surface area contributed by atoms with Crippen LogP contribution in [0.1, 0.15) is 85.2 Å². The molecular weight excluding hydrogens is 1380 g/mol. The summed E-state index contributed by atoms with van der Waals surface area (Å²) in [6.45, 7) is 0.516. The monoisotopic (exact) mass is 1450 g/mol. The van der Waals surface area contributed by atoms with Crippen LogP contribution in [0.25, 0.3) is 30.4 Å². The van der Waals surface area contributed by atoms with Crippen molar-refractivity contribution < 1.29 is 57.5 Å². The minimum absolute atomic E-state index is 0.0122. The van der Waals surface area contributed by atoms with Gasteiger partial charge in [-0.2, -0.15) is 0 Å². The predicted octanol–water partition coefficient (Wildman–Crippen LogP) is 20.3. The van der Waals surface area contributed by atoms with Gasteiger partial charge < -0.3 is 29.2 Å². The molecule has 0 heterocycles. The summed E-state index contributed by atoms with van der Waals surface area (Å²) in [4.78, 5) is 59.7. The molecule has 0 saturated heterocycles. The molecule has 11 aromatic carbocycles. The van der Waals surface area contributed by atoms with Crippen LogP contribution in [0.4, 0.5) is 4.39 Å². The molecule has 99 heavy (non-hydrogen) atoms. The summed E-state index contributed by atoms with van der Waals surface area (Å²) in [7, 11) is 4.84. The van der Waals surface area contributed by atoms with Crippen molar-refractivity contribution in [3.8, 4) is 34.5 Å². The summed E-state index contributed by atoms with van der Waals surface area (Å²) < 4.78 is 35.3. The fourth-order valence-corrected chi connectivity index (χ4v) is 9.61. The molecule has 11 aromatic rings. The fraction of sp³-hybridized carbons (Fsp3) is 0.0471. The van der Waals surface area contributed by atoms with E-state index in [0.29, 0.717) is 28.3 Å². The standard InChI is InChI=1S/C22H18O3.C16H13ClO2.C16H13FO2.C16H13IO2.C15H12O2/c23-21-9-5-4-8-20(21)22(24)15-12-17-10-13-19(14-11-17)25-16-18-6-2-1-3-7-18;3*1-19-13-9-6-12(7-10-13)8-11-16(18)14-4-2-3-5-15(14)17;16-14-9-6-12(7-10-14)8-11-15(17)13-4-2-1-3-5-13/h1-15,23H,16H2;3*2-11H,1H3;1-11,16H/b15-12+;4*11-8+. The third kappa shape index (κ3) is 25.7. The molecule has 0 aliphatic rings. The lowest BCUT2D eigenvalue weighted by Crippen LogP contribution is -1.97. The van der Waals surface area contributed by atoms with Gasteiger partial charge in [0, 0.05) is 20.3 Å². The number of rotatable bonds is 21. The van der Waals surface area contributed by atoms with Crippen molar-refractivity contribution in [2.75, 3.05) is 21.3 Å². The highest BCUT2D eigenvalue weighted by Crippen LogP contribution is 2.22. The van der Waals surface area contributed by atoms with Crippen LogP contribution < -0.4 is 18.9 Å². The van der Waals surface area contributed by atoms with Gasteiger partial charge in [-0.25, -0.2) is 4.39 Å². The maximum Gasteiger partial charge on any atom is 0.189 e. The number of allylic oxidation sites excluding steroid dienone is 5. The normalized spacial score (nSPS) is 10.6. The minimum Gasteiger partial charge on any atom is -0.508 e. The van der Waals surface area contributed by atoms with Crippen LogP contribution in [0.2, 0.25) is 5.02 Å². The molecule has 2 N–H and O–H groups in total. The molecule has 0 amide bonds. The molecule has 0 fully saturated rings. The Morgan fingerprint density at radius 3 is 1.13 bits per heavy atom. The van der Waals surface area contributed by atoms with Crippen molar-refractivity contribution in [1.29, 1.82) is 0 Å². The molecule has 14 heteroatoms. The highest BCUT2D eigenvalue weighted by molar-refractivity contribution is 14.1. The van der Waals surface area contributed by atoms with Crippen LogP contribution in [0.5, 0.6) is 34.5 Å². The Labute approximate surface area is 594 Å². The van der Waals surface area contributed by atoms with Crippen molar-refractivity contribution in [2.24, 2.45) is 0 Å². The Kier molecular flexibility index (Phi) is 30.6. The number of phenols is 2. The second-order valence-electron chi connectivity index (χ2n) is 21.1. The second kappa shape index (κ2) is 40.6. The summed E-state index contributed by atoms with van der Waals surface area (Å²) in [5.74, 6) is 2.10. The Balaban J connectivity index is 0.000000175. The molecule has 496 valence electrons. The molecule has 0 aromatic heterocycles. The zero-order chi connectivity index (χ0) is 70.6. The van der Waals surface area contributed by atoms with E-state index >= 15 is 0 Å². The number of phenolic OH excluding ortho intramolecular Hbond substituents is 2. The molecule has 0 bridgehead atoms. The first kappa shape index (κ1) is 74.6. The van der Waals surface area contributed by atoms with Gasteiger partial charge in [-0.3, -0.25) is 24.0 Å². The third-order valence-corrected chi connectivity index (χ3v) is 15.4. The minimum atomic E-state index is -0.508. The van der Waals surface area contributed by atoms with Gasteiger partial charge in [-0.1, -0.05) is 212 Å². The molecule has 0 spiro atoms. The van der Waals surface area contributed by atoms with Gasteiger partial charge in [-0.05, 0) is 196 Å². The van der Waals surface area contributed by atoms with Crippen molar-refractivity contribution in [3.63, 3.8) is 0 Å². The van der Waals surface area contributed by atoms with Gasteiger partial charge in [0.25, 0.3) is 0 Å². The Hall–Kier alpha value is -11.8. The Morgan fingerprint density at radius 2 is 0.697 bits per heavy atom. The van der Waals surface area contributed by atoms with E-state index in [4.69, 9.17) is 35.7 Å². The number of para-hydroxylation sites is 1. The van der Waals surface area contributed by atoms with Gasteiger partial charge >= 0.3 is 0 Å². The van der Waals surface area contributed by atoms with E-state index in [1.807, 2.05) is 164 Å². The maximum atomic E-state index is 13.4. The van der Waals surface area contributed by atoms with Gasteiger partial charge in [-0.15, -0.1) is 0 Å². The number of hydrogen-bond donors (Lipinski definition) is 2. The number of carbonyl (C=O) groups is 5. The summed E-state index contributed by atoms with van der Waals surface area (Å²) in [5, 5.41) is 19.3. The number of hydrogen-bond acceptors (Lipinski definition) is 11. The first-order chi connectivity index (χ1) is 48.1. The lowest BCUT2D eigenvalue weighted by Gasteiger charge is -2.06. The predicted molar refractivity (Wildman–Crippen MR) is 403 cm³/mol. The molecular formula is C85H69ClFIO11. The van der Waals surface area contributed by atoms with Crippen LogP contribution in [0.15, 0.2) is 309 Å². The zero-order valence-electron chi connectivity index (χ0n) is 54.2. The van der Waals surface area contributed by atoms with Crippen LogP contribution in [0, 0.1) is 9.39 Å². The highest BCUT2D eigenvalue weighted by Gasteiger charge is 2.10. The quantitative estimate of drug-likeness (QED) is 0.0400. The van der Waals surface area contributed by atoms with E-state index < -0.39 is 5.82 Å². The van der Waals surface area contributed by atoms with Crippen molar-refractivity contribution in [3.05, 3.63) is 385 Å². The third-order valence-electron chi connectivity index (χ3n) is 14.2. The lowest BCUT2D eigenvalue weighted by molar-refractivity contribution is 0.103. The number of ether oxygens (including phenoxy) is 4. The van der Waals surface area contributed by atoms with Crippen molar-refractivity contribution in [2.45, 2.75) is 6.61 Å². The number of methoxy groups -OCH3 is 3.